The fourth-order valence-corrected chi connectivity index (χ4v) is 2.12. The van der Waals surface area contributed by atoms with Gasteiger partial charge in [-0.2, -0.15) is 0 Å². The van der Waals surface area contributed by atoms with Crippen LogP contribution >= 0.6 is 45.2 Å². The lowest BCUT2D eigenvalue weighted by Gasteiger charge is -2.11. The van der Waals surface area contributed by atoms with Crippen LogP contribution in [0.2, 0.25) is 0 Å². The predicted molar refractivity (Wildman–Crippen MR) is 85.6 cm³/mol. The average molecular weight is 436 g/mol. The summed E-state index contributed by atoms with van der Waals surface area (Å²) in [6, 6.07) is 16.4. The summed E-state index contributed by atoms with van der Waals surface area (Å²) in [5.74, 6) is 0. The largest absolute Gasteiger partial charge is 0.301 e. The van der Waals surface area contributed by atoms with Gasteiger partial charge >= 0.3 is 0 Å². The Labute approximate surface area is 122 Å². The van der Waals surface area contributed by atoms with Gasteiger partial charge in [0.2, 0.25) is 0 Å². The van der Waals surface area contributed by atoms with Gasteiger partial charge in [0.15, 0.2) is 0 Å². The van der Waals surface area contributed by atoms with Crippen LogP contribution in [0.15, 0.2) is 48.5 Å². The molecule has 0 aliphatic heterocycles. The van der Waals surface area contributed by atoms with Crippen LogP contribution in [-0.4, -0.2) is 0 Å². The van der Waals surface area contributed by atoms with E-state index in [1.54, 1.807) is 0 Å². The summed E-state index contributed by atoms with van der Waals surface area (Å²) in [5, 5.41) is 0. The lowest BCUT2D eigenvalue weighted by molar-refractivity contribution is 1.40. The Balaban J connectivity index is 2.02. The molecule has 0 fully saturated rings. The van der Waals surface area contributed by atoms with Gasteiger partial charge in [-0.05, 0) is 81.6 Å². The molecular formula is C12H10I2N2. The molecule has 0 saturated carbocycles. The van der Waals surface area contributed by atoms with Gasteiger partial charge in [-0.1, -0.05) is 12.1 Å². The first-order valence-electron chi connectivity index (χ1n) is 4.78. The van der Waals surface area contributed by atoms with Crippen molar-refractivity contribution in [1.82, 2.24) is 0 Å². The molecule has 0 atom stereocenters. The van der Waals surface area contributed by atoms with Gasteiger partial charge in [-0.25, -0.2) is 0 Å². The Kier molecular flexibility index (Phi) is 4.28. The summed E-state index contributed by atoms with van der Waals surface area (Å²) in [7, 11) is 0. The number of hydrazine groups is 1. The Morgan fingerprint density at radius 3 is 2.12 bits per heavy atom. The van der Waals surface area contributed by atoms with Gasteiger partial charge in [-0.3, -0.25) is 5.43 Å². The first-order chi connectivity index (χ1) is 7.75. The van der Waals surface area contributed by atoms with E-state index >= 15 is 0 Å². The molecule has 2 aromatic rings. The molecule has 2 N–H and O–H groups in total. The third kappa shape index (κ3) is 3.24. The summed E-state index contributed by atoms with van der Waals surface area (Å²) in [6.07, 6.45) is 0. The van der Waals surface area contributed by atoms with E-state index in [1.165, 1.54) is 7.14 Å². The van der Waals surface area contributed by atoms with Crippen molar-refractivity contribution >= 4 is 56.6 Å². The van der Waals surface area contributed by atoms with Crippen LogP contribution in [0.3, 0.4) is 0 Å². The molecular weight excluding hydrogens is 426 g/mol. The lowest BCUT2D eigenvalue weighted by Crippen LogP contribution is -2.09. The number of hydrogen-bond acceptors (Lipinski definition) is 2. The maximum Gasteiger partial charge on any atom is 0.0673 e. The number of nitrogens with one attached hydrogen (secondary N) is 2. The third-order valence-corrected chi connectivity index (χ3v) is 3.72. The zero-order chi connectivity index (χ0) is 11.4. The highest BCUT2D eigenvalue weighted by Crippen LogP contribution is 2.18. The fraction of sp³-hybridized carbons (Fsp3) is 0. The van der Waals surface area contributed by atoms with E-state index in [2.05, 4.69) is 74.2 Å². The Morgan fingerprint density at radius 1 is 0.750 bits per heavy atom. The van der Waals surface area contributed by atoms with Crippen molar-refractivity contribution in [3.63, 3.8) is 0 Å². The molecule has 0 aliphatic rings. The second-order valence-electron chi connectivity index (χ2n) is 3.24. The smallest absolute Gasteiger partial charge is 0.0673 e. The van der Waals surface area contributed by atoms with Crippen LogP contribution in [0.4, 0.5) is 11.4 Å². The molecule has 0 aromatic heterocycles. The molecule has 0 spiro atoms. The molecule has 4 heteroatoms. The number of anilines is 2. The van der Waals surface area contributed by atoms with Crippen molar-refractivity contribution < 1.29 is 0 Å². The van der Waals surface area contributed by atoms with Gasteiger partial charge < -0.3 is 5.43 Å². The van der Waals surface area contributed by atoms with E-state index in [1.807, 2.05) is 30.3 Å². The van der Waals surface area contributed by atoms with Gasteiger partial charge in [0, 0.05) is 7.14 Å². The molecule has 2 rings (SSSR count). The van der Waals surface area contributed by atoms with Crippen molar-refractivity contribution in [1.29, 1.82) is 0 Å². The van der Waals surface area contributed by atoms with Crippen molar-refractivity contribution in [2.45, 2.75) is 0 Å². The van der Waals surface area contributed by atoms with Crippen molar-refractivity contribution in [2.75, 3.05) is 10.9 Å². The van der Waals surface area contributed by atoms with Crippen molar-refractivity contribution in [3.8, 4) is 0 Å². The zero-order valence-corrected chi connectivity index (χ0v) is 12.7. The summed E-state index contributed by atoms with van der Waals surface area (Å²) < 4.78 is 2.43. The molecule has 0 radical (unpaired) electrons. The van der Waals surface area contributed by atoms with Crippen LogP contribution in [0, 0.1) is 7.14 Å². The highest BCUT2D eigenvalue weighted by molar-refractivity contribution is 14.1. The van der Waals surface area contributed by atoms with E-state index in [4.69, 9.17) is 0 Å². The Morgan fingerprint density at radius 2 is 1.44 bits per heavy atom. The Hall–Kier alpha value is -0.500. The normalized spacial score (nSPS) is 9.88. The van der Waals surface area contributed by atoms with E-state index in [-0.39, 0.29) is 0 Å². The fourth-order valence-electron chi connectivity index (χ4n) is 1.24. The molecule has 82 valence electrons. The summed E-state index contributed by atoms with van der Waals surface area (Å²) >= 11 is 4.60. The Bertz CT molecular complexity index is 469. The monoisotopic (exact) mass is 436 g/mol. The SMILES string of the molecule is Ic1ccc(NNc2ccccc2I)cc1. The standard InChI is InChI=1S/C12H10I2N2/c13-9-5-7-10(8-6-9)15-16-12-4-2-1-3-11(12)14/h1-8,15-16H. The first kappa shape index (κ1) is 12.0. The number of benzene rings is 2. The van der Waals surface area contributed by atoms with Gasteiger partial charge in [0.25, 0.3) is 0 Å². The van der Waals surface area contributed by atoms with Crippen LogP contribution < -0.4 is 10.9 Å². The number of para-hydroxylation sites is 1. The topological polar surface area (TPSA) is 24.1 Å². The molecule has 0 amide bonds. The predicted octanol–water partition coefficient (Wildman–Crippen LogP) is 4.33. The van der Waals surface area contributed by atoms with E-state index in [0.29, 0.717) is 0 Å². The number of halogens is 2. The second-order valence-corrected chi connectivity index (χ2v) is 5.64. The minimum absolute atomic E-state index is 1.06. The van der Waals surface area contributed by atoms with Crippen LogP contribution in [-0.2, 0) is 0 Å². The molecule has 16 heavy (non-hydrogen) atoms. The molecule has 2 nitrogen and oxygen atoms in total. The van der Waals surface area contributed by atoms with Gasteiger partial charge in [0.1, 0.15) is 0 Å². The molecule has 0 saturated heterocycles. The maximum absolute atomic E-state index is 3.19. The lowest BCUT2D eigenvalue weighted by atomic mass is 10.3. The molecule has 0 bridgehead atoms. The summed E-state index contributed by atoms with van der Waals surface area (Å²) in [5.41, 5.74) is 8.50. The second kappa shape index (κ2) is 5.72. The van der Waals surface area contributed by atoms with Crippen molar-refractivity contribution in [2.24, 2.45) is 0 Å². The molecule has 2 aromatic carbocycles. The molecule has 0 heterocycles. The van der Waals surface area contributed by atoms with E-state index in [0.717, 1.165) is 11.4 Å². The summed E-state index contributed by atoms with van der Waals surface area (Å²) in [4.78, 5) is 0. The molecule has 0 aliphatic carbocycles. The third-order valence-electron chi connectivity index (χ3n) is 2.06. The van der Waals surface area contributed by atoms with E-state index < -0.39 is 0 Å². The highest BCUT2D eigenvalue weighted by atomic mass is 127. The minimum atomic E-state index is 1.06. The minimum Gasteiger partial charge on any atom is -0.301 e. The first-order valence-corrected chi connectivity index (χ1v) is 6.93. The van der Waals surface area contributed by atoms with E-state index in [9.17, 15) is 0 Å². The van der Waals surface area contributed by atoms with Gasteiger partial charge in [-0.15, -0.1) is 0 Å². The maximum atomic E-state index is 3.19. The number of hydrogen-bond donors (Lipinski definition) is 2. The average Bonchev–Trinajstić information content (AvgIpc) is 2.30. The van der Waals surface area contributed by atoms with Crippen molar-refractivity contribution in [3.05, 3.63) is 55.7 Å². The highest BCUT2D eigenvalue weighted by Gasteiger charge is 1.96. The summed E-state index contributed by atoms with van der Waals surface area (Å²) in [6.45, 7) is 0. The zero-order valence-electron chi connectivity index (χ0n) is 8.37. The van der Waals surface area contributed by atoms with Gasteiger partial charge in [0.05, 0.1) is 11.4 Å². The quantitative estimate of drug-likeness (QED) is 0.553. The van der Waals surface area contributed by atoms with Crippen LogP contribution in [0.25, 0.3) is 0 Å². The molecule has 0 unspecified atom stereocenters. The number of rotatable bonds is 3. The van der Waals surface area contributed by atoms with Crippen LogP contribution in [0.1, 0.15) is 0 Å². The van der Waals surface area contributed by atoms with Crippen LogP contribution in [0.5, 0.6) is 0 Å².